The van der Waals surface area contributed by atoms with Crippen LogP contribution in [-0.4, -0.2) is 0 Å². The molecule has 0 aliphatic rings. The van der Waals surface area contributed by atoms with Crippen molar-refractivity contribution < 1.29 is 47.9 Å². The third-order valence-corrected chi connectivity index (χ3v) is 0.182. The number of rotatable bonds is 0. The van der Waals surface area contributed by atoms with Gasteiger partial charge in [0.15, 0.2) is 0 Å². The molecule has 0 heterocycles. The second kappa shape index (κ2) is 10.1. The smallest absolute Gasteiger partial charge is 0.883 e. The minimum atomic E-state index is -1.45. The van der Waals surface area contributed by atoms with Crippen molar-refractivity contribution in [3.8, 4) is 6.07 Å². The third-order valence-electron chi connectivity index (χ3n) is 0.182. The minimum absolute atomic E-state index is 0. The molecule has 0 unspecified atom stereocenters. The topological polar surface area (TPSA) is 69.9 Å². The Bertz CT molecular complexity index is 102. The first-order valence-electron chi connectivity index (χ1n) is 1.21. The van der Waals surface area contributed by atoms with Crippen LogP contribution in [0.5, 0.6) is 0 Å². The molecule has 3 nitrogen and oxygen atoms in total. The van der Waals surface area contributed by atoms with E-state index in [9.17, 15) is 10.2 Å². The summed E-state index contributed by atoms with van der Waals surface area (Å²) in [6.07, 6.45) is 0.403. The molecule has 0 radical (unpaired) electrons. The maximum absolute atomic E-state index is 9.21. The van der Waals surface area contributed by atoms with Crippen LogP contribution in [-0.2, 0) is 0 Å². The van der Waals surface area contributed by atoms with E-state index in [1.807, 2.05) is 0 Å². The van der Waals surface area contributed by atoms with E-state index in [1.54, 1.807) is 0 Å². The summed E-state index contributed by atoms with van der Waals surface area (Å²) in [5.41, 5.74) is 0. The first-order valence-corrected chi connectivity index (χ1v) is 1.21. The molecule has 5 heteroatoms. The normalized spacial score (nSPS) is 4.38. The molecular formula is C3HLi2NO2. The van der Waals surface area contributed by atoms with E-state index in [0.29, 0.717) is 6.08 Å². The Morgan fingerprint density at radius 1 is 1.38 bits per heavy atom. The van der Waals surface area contributed by atoms with Gasteiger partial charge in [0.25, 0.3) is 0 Å². The quantitative estimate of drug-likeness (QED) is 0.171. The summed E-state index contributed by atoms with van der Waals surface area (Å²) in [7, 11) is 0. The van der Waals surface area contributed by atoms with Crippen molar-refractivity contribution in [2.24, 2.45) is 0 Å². The Balaban J connectivity index is -0.000000125. The van der Waals surface area contributed by atoms with Crippen molar-refractivity contribution in [2.75, 3.05) is 0 Å². The fraction of sp³-hybridized carbons (Fsp3) is 0. The van der Waals surface area contributed by atoms with Gasteiger partial charge >= 0.3 is 37.7 Å². The van der Waals surface area contributed by atoms with E-state index in [1.165, 1.54) is 6.07 Å². The van der Waals surface area contributed by atoms with Gasteiger partial charge in [0.1, 0.15) is 0 Å². The Kier molecular flexibility index (Phi) is 19.8. The van der Waals surface area contributed by atoms with Gasteiger partial charge in [0.05, 0.1) is 6.07 Å². The molecule has 0 spiro atoms. The molecular weight excluding hydrogens is 95.9 g/mol. The zero-order chi connectivity index (χ0) is 4.99. The zero-order valence-corrected chi connectivity index (χ0v) is 4.84. The first-order chi connectivity index (χ1) is 2.77. The van der Waals surface area contributed by atoms with Crippen LogP contribution in [0.4, 0.5) is 0 Å². The van der Waals surface area contributed by atoms with Crippen molar-refractivity contribution in [1.29, 1.82) is 5.26 Å². The van der Waals surface area contributed by atoms with Crippen molar-refractivity contribution in [2.45, 2.75) is 0 Å². The van der Waals surface area contributed by atoms with E-state index in [0.717, 1.165) is 0 Å². The van der Waals surface area contributed by atoms with Crippen molar-refractivity contribution in [3.63, 3.8) is 0 Å². The molecule has 0 aliphatic heterocycles. The van der Waals surface area contributed by atoms with Gasteiger partial charge in [0, 0.05) is 0 Å². The van der Waals surface area contributed by atoms with Crippen LogP contribution in [0.1, 0.15) is 0 Å². The Morgan fingerprint density at radius 2 is 1.75 bits per heavy atom. The van der Waals surface area contributed by atoms with Gasteiger partial charge in [-0.2, -0.15) is 11.2 Å². The van der Waals surface area contributed by atoms with Crippen LogP contribution in [0.25, 0.3) is 0 Å². The second-order valence-corrected chi connectivity index (χ2v) is 0.592. The van der Waals surface area contributed by atoms with Crippen LogP contribution in [0, 0.1) is 11.3 Å². The van der Waals surface area contributed by atoms with Crippen LogP contribution in [0.15, 0.2) is 12.0 Å². The van der Waals surface area contributed by atoms with Gasteiger partial charge in [-0.05, 0) is 6.08 Å². The monoisotopic (exact) mass is 97.0 g/mol. The van der Waals surface area contributed by atoms with Gasteiger partial charge in [-0.25, -0.2) is 0 Å². The number of nitrogens with zero attached hydrogens (tertiary/aromatic N) is 1. The molecule has 0 N–H and O–H groups in total. The van der Waals surface area contributed by atoms with E-state index < -0.39 is 5.95 Å². The molecule has 0 aliphatic carbocycles. The molecule has 0 fully saturated rings. The minimum Gasteiger partial charge on any atom is -0.883 e. The predicted octanol–water partition coefficient (Wildman–Crippen LogP) is -7.92. The number of hydrogen-bond acceptors (Lipinski definition) is 3. The predicted molar refractivity (Wildman–Crippen MR) is 13.7 cm³/mol. The molecule has 0 saturated carbocycles. The molecule has 0 aromatic rings. The first kappa shape index (κ1) is 15.7. The Labute approximate surface area is 71.4 Å². The van der Waals surface area contributed by atoms with E-state index >= 15 is 0 Å². The number of allylic oxidation sites excluding steroid dienone is 1. The second-order valence-electron chi connectivity index (χ2n) is 0.592. The van der Waals surface area contributed by atoms with Gasteiger partial charge in [0.2, 0.25) is 0 Å². The van der Waals surface area contributed by atoms with E-state index in [2.05, 4.69) is 0 Å². The van der Waals surface area contributed by atoms with Crippen LogP contribution < -0.4 is 47.9 Å². The molecule has 0 amide bonds. The largest absolute Gasteiger partial charge is 1.00 e. The van der Waals surface area contributed by atoms with Crippen molar-refractivity contribution in [1.82, 2.24) is 0 Å². The maximum Gasteiger partial charge on any atom is 1.00 e. The average Bonchev–Trinajstić information content (AvgIpc) is 1.35. The summed E-state index contributed by atoms with van der Waals surface area (Å²) in [5, 5.41) is 25.9. The summed E-state index contributed by atoms with van der Waals surface area (Å²) in [5.74, 6) is -1.45. The molecule has 0 rings (SSSR count). The number of hydrogen-bond donors (Lipinski definition) is 0. The summed E-state index contributed by atoms with van der Waals surface area (Å²) in [6, 6.07) is 1.28. The summed E-state index contributed by atoms with van der Waals surface area (Å²) in [4.78, 5) is 0. The molecule has 0 atom stereocenters. The van der Waals surface area contributed by atoms with Gasteiger partial charge in [-0.15, -0.1) is 0 Å². The summed E-state index contributed by atoms with van der Waals surface area (Å²) >= 11 is 0. The fourth-order valence-corrected chi connectivity index (χ4v) is 0.0527. The van der Waals surface area contributed by atoms with Crippen LogP contribution in [0.2, 0.25) is 0 Å². The Hall–Kier alpha value is 0.0248. The SMILES string of the molecule is N#CC=C([O-])[O-].[Li+].[Li+]. The maximum atomic E-state index is 9.21. The zero-order valence-electron chi connectivity index (χ0n) is 4.84. The van der Waals surface area contributed by atoms with Gasteiger partial charge in [-0.1, -0.05) is 0 Å². The molecule has 0 saturated heterocycles. The van der Waals surface area contributed by atoms with E-state index in [-0.39, 0.29) is 37.7 Å². The third kappa shape index (κ3) is 16.6. The molecule has 0 aromatic carbocycles. The van der Waals surface area contributed by atoms with Crippen molar-refractivity contribution >= 4 is 0 Å². The van der Waals surface area contributed by atoms with Crippen LogP contribution >= 0.6 is 0 Å². The van der Waals surface area contributed by atoms with Gasteiger partial charge in [-0.3, -0.25) is 0 Å². The average molecular weight is 96.9 g/mol. The van der Waals surface area contributed by atoms with Crippen molar-refractivity contribution in [3.05, 3.63) is 12.0 Å². The van der Waals surface area contributed by atoms with Gasteiger partial charge < -0.3 is 10.2 Å². The standard InChI is InChI=1S/C3H3NO2.2Li/c4-2-1-3(5)6;;/h1,5-6H;;/q;2*+1/p-2. The molecule has 8 heavy (non-hydrogen) atoms. The van der Waals surface area contributed by atoms with E-state index in [4.69, 9.17) is 5.26 Å². The number of nitriles is 1. The molecule has 0 aromatic heterocycles. The molecule has 0 bridgehead atoms. The molecule has 32 valence electrons. The fourth-order valence-electron chi connectivity index (χ4n) is 0.0527. The Morgan fingerprint density at radius 3 is 1.75 bits per heavy atom. The summed E-state index contributed by atoms with van der Waals surface area (Å²) < 4.78 is 0. The summed E-state index contributed by atoms with van der Waals surface area (Å²) in [6.45, 7) is 0. The van der Waals surface area contributed by atoms with Crippen LogP contribution in [0.3, 0.4) is 0 Å².